The summed E-state index contributed by atoms with van der Waals surface area (Å²) in [5.41, 5.74) is 5.11. The van der Waals surface area contributed by atoms with Crippen LogP contribution in [0.5, 0.6) is 0 Å². The van der Waals surface area contributed by atoms with Crippen molar-refractivity contribution in [3.63, 3.8) is 0 Å². The van der Waals surface area contributed by atoms with Crippen LogP contribution in [0.4, 0.5) is 5.69 Å². The van der Waals surface area contributed by atoms with Gasteiger partial charge in [-0.2, -0.15) is 5.10 Å². The lowest BCUT2D eigenvalue weighted by molar-refractivity contribution is -0.132. The van der Waals surface area contributed by atoms with Crippen molar-refractivity contribution in [3.05, 3.63) is 70.1 Å². The van der Waals surface area contributed by atoms with Gasteiger partial charge in [0.05, 0.1) is 23.8 Å². The van der Waals surface area contributed by atoms with Gasteiger partial charge in [-0.3, -0.25) is 10.2 Å². The number of aromatic nitrogens is 2. The van der Waals surface area contributed by atoms with E-state index in [0.717, 1.165) is 5.56 Å². The van der Waals surface area contributed by atoms with Crippen molar-refractivity contribution in [2.24, 2.45) is 12.1 Å². The molecular weight excluding hydrogens is 332 g/mol. The lowest BCUT2D eigenvalue weighted by Gasteiger charge is -2.09. The summed E-state index contributed by atoms with van der Waals surface area (Å²) in [4.78, 5) is 29.2. The molecule has 0 saturated heterocycles. The molecule has 3 rings (SSSR count). The quantitative estimate of drug-likeness (QED) is 0.443. The van der Waals surface area contributed by atoms with Crippen LogP contribution in [0.1, 0.15) is 11.3 Å². The van der Waals surface area contributed by atoms with Crippen molar-refractivity contribution in [2.75, 3.05) is 12.5 Å². The van der Waals surface area contributed by atoms with Crippen molar-refractivity contribution in [1.82, 2.24) is 9.55 Å². The number of benzene rings is 2. The molecule has 1 N–H and O–H groups in total. The second-order valence-electron chi connectivity index (χ2n) is 5.74. The van der Waals surface area contributed by atoms with Crippen LogP contribution in [0.15, 0.2) is 58.4 Å². The normalized spacial score (nSPS) is 11.4. The molecule has 26 heavy (non-hydrogen) atoms. The maximum absolute atomic E-state index is 12.7. The highest BCUT2D eigenvalue weighted by Crippen LogP contribution is 2.11. The number of para-hydroxylation sites is 2. The first-order chi connectivity index (χ1) is 12.5. The summed E-state index contributed by atoms with van der Waals surface area (Å²) in [5, 5.41) is 4.09. The van der Waals surface area contributed by atoms with E-state index in [9.17, 15) is 9.59 Å². The van der Waals surface area contributed by atoms with E-state index >= 15 is 0 Å². The predicted octanol–water partition coefficient (Wildman–Crippen LogP) is 2.23. The smallest absolute Gasteiger partial charge is 0.360 e. The third-order valence-corrected chi connectivity index (χ3v) is 3.93. The Morgan fingerprint density at radius 2 is 1.85 bits per heavy atom. The summed E-state index contributed by atoms with van der Waals surface area (Å²) in [6, 6.07) is 14.6. The second kappa shape index (κ2) is 7.18. The summed E-state index contributed by atoms with van der Waals surface area (Å²) in [5.74, 6) is -0.746. The van der Waals surface area contributed by atoms with E-state index < -0.39 is 11.5 Å². The lowest BCUT2D eigenvalue weighted by Crippen LogP contribution is -2.32. The Balaban J connectivity index is 2.11. The number of ether oxygens (including phenoxy) is 1. The Morgan fingerprint density at radius 1 is 1.15 bits per heavy atom. The lowest BCUT2D eigenvalue weighted by atomic mass is 10.2. The van der Waals surface area contributed by atoms with Crippen LogP contribution in [0, 0.1) is 6.92 Å². The maximum Gasteiger partial charge on any atom is 0.360 e. The Bertz CT molecular complexity index is 1050. The van der Waals surface area contributed by atoms with Crippen LogP contribution in [-0.2, 0) is 16.6 Å². The van der Waals surface area contributed by atoms with Gasteiger partial charge < -0.3 is 9.30 Å². The zero-order chi connectivity index (χ0) is 18.7. The molecule has 7 heteroatoms. The van der Waals surface area contributed by atoms with Gasteiger partial charge in [0.1, 0.15) is 0 Å². The molecule has 0 unspecified atom stereocenters. The number of nitrogens with zero attached hydrogens (tertiary/aromatic N) is 3. The number of esters is 1. The molecule has 3 aromatic rings. The third-order valence-electron chi connectivity index (χ3n) is 3.93. The number of hydrogen-bond donors (Lipinski definition) is 1. The van der Waals surface area contributed by atoms with Gasteiger partial charge in [-0.15, -0.1) is 0 Å². The van der Waals surface area contributed by atoms with Gasteiger partial charge in [0.15, 0.2) is 11.4 Å². The monoisotopic (exact) mass is 350 g/mol. The first kappa shape index (κ1) is 17.3. The molecule has 7 nitrogen and oxygen atoms in total. The van der Waals surface area contributed by atoms with E-state index in [1.54, 1.807) is 19.2 Å². The van der Waals surface area contributed by atoms with Gasteiger partial charge in [-0.1, -0.05) is 29.8 Å². The van der Waals surface area contributed by atoms with E-state index in [1.807, 2.05) is 43.3 Å². The molecule has 1 heterocycles. The van der Waals surface area contributed by atoms with Crippen LogP contribution in [-0.4, -0.2) is 28.3 Å². The molecule has 0 amide bonds. The predicted molar refractivity (Wildman–Crippen MR) is 100 cm³/mol. The molecule has 0 bridgehead atoms. The van der Waals surface area contributed by atoms with E-state index in [-0.39, 0.29) is 11.4 Å². The number of nitrogens with one attached hydrogen (secondary N) is 1. The highest BCUT2D eigenvalue weighted by atomic mass is 16.5. The zero-order valence-corrected chi connectivity index (χ0v) is 14.7. The molecule has 0 atom stereocenters. The number of hydrazone groups is 1. The number of aryl methyl sites for hydroxylation is 2. The minimum absolute atomic E-state index is 0.0716. The molecule has 0 aliphatic rings. The highest BCUT2D eigenvalue weighted by molar-refractivity contribution is 6.42. The number of fused-ring (bicyclic) bond motifs is 1. The summed E-state index contributed by atoms with van der Waals surface area (Å²) in [6.07, 6.45) is 0. The Morgan fingerprint density at radius 3 is 2.54 bits per heavy atom. The molecule has 1 aromatic heterocycles. The van der Waals surface area contributed by atoms with Gasteiger partial charge in [0, 0.05) is 7.05 Å². The molecule has 132 valence electrons. The van der Waals surface area contributed by atoms with Crippen molar-refractivity contribution >= 4 is 28.4 Å². The SMILES string of the molecule is COC(=O)/C(=N/Nc1ccc(C)cc1)c1nc2ccccc2n(C)c1=O. The maximum atomic E-state index is 12.7. The summed E-state index contributed by atoms with van der Waals surface area (Å²) >= 11 is 0. The largest absolute Gasteiger partial charge is 0.464 e. The van der Waals surface area contributed by atoms with Crippen LogP contribution in [0.2, 0.25) is 0 Å². The van der Waals surface area contributed by atoms with Gasteiger partial charge in [-0.05, 0) is 31.2 Å². The molecule has 0 radical (unpaired) electrons. The molecule has 0 fully saturated rings. The molecule has 0 aliphatic heterocycles. The number of hydrogen-bond acceptors (Lipinski definition) is 6. The highest BCUT2D eigenvalue weighted by Gasteiger charge is 2.22. The van der Waals surface area contributed by atoms with Crippen molar-refractivity contribution in [2.45, 2.75) is 6.92 Å². The van der Waals surface area contributed by atoms with Gasteiger partial charge in [0.2, 0.25) is 0 Å². The summed E-state index contributed by atoms with van der Waals surface area (Å²) in [7, 11) is 2.85. The third kappa shape index (κ3) is 3.32. The first-order valence-corrected chi connectivity index (χ1v) is 7.96. The van der Waals surface area contributed by atoms with E-state index in [2.05, 4.69) is 15.5 Å². The van der Waals surface area contributed by atoms with Gasteiger partial charge in [-0.25, -0.2) is 9.78 Å². The van der Waals surface area contributed by atoms with Crippen molar-refractivity contribution < 1.29 is 9.53 Å². The van der Waals surface area contributed by atoms with Crippen LogP contribution in [0.3, 0.4) is 0 Å². The topological polar surface area (TPSA) is 85.6 Å². The van der Waals surface area contributed by atoms with Crippen molar-refractivity contribution in [3.8, 4) is 0 Å². The molecule has 0 spiro atoms. The number of carbonyl (C=O) groups is 1. The first-order valence-electron chi connectivity index (χ1n) is 7.96. The average molecular weight is 350 g/mol. The van der Waals surface area contributed by atoms with E-state index in [1.165, 1.54) is 11.7 Å². The van der Waals surface area contributed by atoms with E-state index in [0.29, 0.717) is 16.7 Å². The molecular formula is C19H18N4O3. The van der Waals surface area contributed by atoms with Crippen LogP contribution in [0.25, 0.3) is 11.0 Å². The fourth-order valence-corrected chi connectivity index (χ4v) is 2.47. The fourth-order valence-electron chi connectivity index (χ4n) is 2.47. The summed E-state index contributed by atoms with van der Waals surface area (Å²) < 4.78 is 6.22. The number of rotatable bonds is 4. The number of methoxy groups -OCH3 is 1. The van der Waals surface area contributed by atoms with Gasteiger partial charge in [0.25, 0.3) is 5.56 Å². The fraction of sp³-hybridized carbons (Fsp3) is 0.158. The average Bonchev–Trinajstić information content (AvgIpc) is 2.66. The van der Waals surface area contributed by atoms with Crippen LogP contribution >= 0.6 is 0 Å². The number of carbonyl (C=O) groups excluding carboxylic acids is 1. The molecule has 0 saturated carbocycles. The summed E-state index contributed by atoms with van der Waals surface area (Å²) in [6.45, 7) is 1.97. The van der Waals surface area contributed by atoms with Crippen LogP contribution < -0.4 is 11.0 Å². The standard InChI is InChI=1S/C19H18N4O3/c1-12-8-10-13(11-9-12)21-22-17(19(25)26-3)16-18(24)23(2)15-7-5-4-6-14(15)20-16/h4-11,21H,1-3H3/b22-17+. The molecule has 2 aromatic carbocycles. The second-order valence-corrected chi connectivity index (χ2v) is 5.74. The Labute approximate surface area is 149 Å². The Hall–Kier alpha value is -3.48. The minimum Gasteiger partial charge on any atom is -0.464 e. The van der Waals surface area contributed by atoms with Gasteiger partial charge >= 0.3 is 5.97 Å². The van der Waals surface area contributed by atoms with E-state index in [4.69, 9.17) is 4.74 Å². The number of anilines is 1. The minimum atomic E-state index is -0.746. The zero-order valence-electron chi connectivity index (χ0n) is 14.7. The van der Waals surface area contributed by atoms with Crippen molar-refractivity contribution in [1.29, 1.82) is 0 Å². The Kier molecular flexibility index (Phi) is 4.79. The molecule has 0 aliphatic carbocycles.